The third kappa shape index (κ3) is 3.23. The molecule has 0 saturated heterocycles. The highest BCUT2D eigenvalue weighted by atomic mass is 32.2. The predicted octanol–water partition coefficient (Wildman–Crippen LogP) is 1.17. The van der Waals surface area contributed by atoms with Gasteiger partial charge in [-0.25, -0.2) is 0 Å². The van der Waals surface area contributed by atoms with Crippen molar-refractivity contribution in [2.75, 3.05) is 20.1 Å². The minimum absolute atomic E-state index is 0.0311. The number of hydrogen-bond acceptors (Lipinski definition) is 4. The lowest BCUT2D eigenvalue weighted by molar-refractivity contribution is -0.119. The molecule has 0 spiro atoms. The van der Waals surface area contributed by atoms with E-state index in [2.05, 4.69) is 27.8 Å². The monoisotopic (exact) mass is 249 g/mol. The Morgan fingerprint density at radius 2 is 2.24 bits per heavy atom. The van der Waals surface area contributed by atoms with Gasteiger partial charge in [0.05, 0.1) is 18.3 Å². The summed E-state index contributed by atoms with van der Waals surface area (Å²) in [4.78, 5) is 15.5. The molecule has 0 aliphatic carbocycles. The molecule has 4 nitrogen and oxygen atoms in total. The normalized spacial score (nSPS) is 18.6. The summed E-state index contributed by atoms with van der Waals surface area (Å²) in [6.45, 7) is 1.05. The number of thioether (sulfide) groups is 1. The summed E-state index contributed by atoms with van der Waals surface area (Å²) < 4.78 is 0. The van der Waals surface area contributed by atoms with E-state index in [1.807, 2.05) is 18.2 Å². The Balaban J connectivity index is 1.85. The molecule has 1 atom stereocenters. The maximum Gasteiger partial charge on any atom is 0.239 e. The Hall–Kier alpha value is -1.49. The molecule has 0 fully saturated rings. The van der Waals surface area contributed by atoms with Crippen molar-refractivity contribution in [3.8, 4) is 0 Å². The third-order valence-electron chi connectivity index (χ3n) is 2.50. The van der Waals surface area contributed by atoms with Crippen molar-refractivity contribution in [2.24, 2.45) is 4.99 Å². The first kappa shape index (κ1) is 12.0. The fourth-order valence-electron chi connectivity index (χ4n) is 1.56. The first-order valence-electron chi connectivity index (χ1n) is 5.50. The molecule has 1 aromatic rings. The lowest BCUT2D eigenvalue weighted by atomic mass is 10.1. The van der Waals surface area contributed by atoms with E-state index in [0.717, 1.165) is 11.7 Å². The Kier molecular flexibility index (Phi) is 4.03. The van der Waals surface area contributed by atoms with Crippen molar-refractivity contribution >= 4 is 22.8 Å². The van der Waals surface area contributed by atoms with Crippen molar-refractivity contribution in [2.45, 2.75) is 5.25 Å². The zero-order valence-corrected chi connectivity index (χ0v) is 10.5. The molecule has 0 saturated carbocycles. The number of benzene rings is 1. The quantitative estimate of drug-likeness (QED) is 0.845. The second-order valence-corrected chi connectivity index (χ2v) is 4.88. The van der Waals surface area contributed by atoms with Gasteiger partial charge in [0.15, 0.2) is 5.17 Å². The van der Waals surface area contributed by atoms with Crippen LogP contribution in [-0.4, -0.2) is 31.2 Å². The summed E-state index contributed by atoms with van der Waals surface area (Å²) in [6, 6.07) is 10.3. The lowest BCUT2D eigenvalue weighted by Gasteiger charge is -2.08. The second kappa shape index (κ2) is 5.72. The lowest BCUT2D eigenvalue weighted by Crippen LogP contribution is -2.33. The predicted molar refractivity (Wildman–Crippen MR) is 71.1 cm³/mol. The molecular weight excluding hydrogens is 234 g/mol. The van der Waals surface area contributed by atoms with Crippen LogP contribution < -0.4 is 10.6 Å². The third-order valence-corrected chi connectivity index (χ3v) is 3.71. The van der Waals surface area contributed by atoms with Gasteiger partial charge in [-0.3, -0.25) is 9.79 Å². The fourth-order valence-corrected chi connectivity index (χ4v) is 2.57. The first-order chi connectivity index (χ1) is 8.29. The maximum absolute atomic E-state index is 11.1. The van der Waals surface area contributed by atoms with E-state index in [9.17, 15) is 4.79 Å². The van der Waals surface area contributed by atoms with E-state index >= 15 is 0 Å². The van der Waals surface area contributed by atoms with Gasteiger partial charge in [-0.1, -0.05) is 42.1 Å². The van der Waals surface area contributed by atoms with E-state index in [0.29, 0.717) is 5.25 Å². The van der Waals surface area contributed by atoms with Gasteiger partial charge in [-0.15, -0.1) is 0 Å². The highest BCUT2D eigenvalue weighted by Gasteiger charge is 2.21. The van der Waals surface area contributed by atoms with Gasteiger partial charge < -0.3 is 10.6 Å². The van der Waals surface area contributed by atoms with Crippen molar-refractivity contribution < 1.29 is 4.79 Å². The van der Waals surface area contributed by atoms with Crippen LogP contribution in [0.2, 0.25) is 0 Å². The highest BCUT2D eigenvalue weighted by Crippen LogP contribution is 2.33. The number of nitrogens with one attached hydrogen (secondary N) is 2. The Bertz CT molecular complexity index is 419. The second-order valence-electron chi connectivity index (χ2n) is 3.69. The smallest absolute Gasteiger partial charge is 0.239 e. The minimum atomic E-state index is -0.0311. The summed E-state index contributed by atoms with van der Waals surface area (Å²) >= 11 is 1.68. The van der Waals surface area contributed by atoms with Crippen LogP contribution in [0, 0.1) is 0 Å². The van der Waals surface area contributed by atoms with Crippen LogP contribution in [0.15, 0.2) is 35.3 Å². The van der Waals surface area contributed by atoms with Crippen molar-refractivity contribution in [3.05, 3.63) is 35.9 Å². The number of amidine groups is 1. The van der Waals surface area contributed by atoms with Crippen LogP contribution in [0.5, 0.6) is 0 Å². The fraction of sp³-hybridized carbons (Fsp3) is 0.333. The summed E-state index contributed by atoms with van der Waals surface area (Å²) in [5.41, 5.74) is 1.28. The van der Waals surface area contributed by atoms with Crippen LogP contribution in [0.3, 0.4) is 0 Å². The molecule has 1 aliphatic rings. The van der Waals surface area contributed by atoms with Gasteiger partial charge in [0, 0.05) is 7.05 Å². The van der Waals surface area contributed by atoms with Gasteiger partial charge >= 0.3 is 0 Å². The molecule has 1 heterocycles. The van der Waals surface area contributed by atoms with Crippen LogP contribution in [-0.2, 0) is 4.79 Å². The summed E-state index contributed by atoms with van der Waals surface area (Å²) in [5.74, 6) is -0.0311. The van der Waals surface area contributed by atoms with Crippen LogP contribution in [0.1, 0.15) is 10.8 Å². The number of aliphatic imine (C=N–C) groups is 1. The Morgan fingerprint density at radius 3 is 2.94 bits per heavy atom. The van der Waals surface area contributed by atoms with Crippen molar-refractivity contribution in [1.29, 1.82) is 0 Å². The van der Waals surface area contributed by atoms with Gasteiger partial charge in [-0.05, 0) is 5.56 Å². The number of carbonyl (C=O) groups excluding carboxylic acids is 1. The molecule has 1 aromatic carbocycles. The van der Waals surface area contributed by atoms with Crippen LogP contribution in [0.25, 0.3) is 0 Å². The number of nitrogens with zero attached hydrogens (tertiary/aromatic N) is 1. The van der Waals surface area contributed by atoms with Gasteiger partial charge in [0.2, 0.25) is 5.91 Å². The van der Waals surface area contributed by atoms with Crippen LogP contribution in [0.4, 0.5) is 0 Å². The average Bonchev–Trinajstić information content (AvgIpc) is 2.86. The summed E-state index contributed by atoms with van der Waals surface area (Å²) in [6.07, 6.45) is 0. The average molecular weight is 249 g/mol. The largest absolute Gasteiger partial charge is 0.358 e. The zero-order chi connectivity index (χ0) is 12.1. The van der Waals surface area contributed by atoms with Crippen molar-refractivity contribution in [3.63, 3.8) is 0 Å². The number of carbonyl (C=O) groups is 1. The topological polar surface area (TPSA) is 53.5 Å². The molecule has 0 radical (unpaired) electrons. The van der Waals surface area contributed by atoms with Gasteiger partial charge in [0.25, 0.3) is 0 Å². The molecule has 0 aromatic heterocycles. The van der Waals surface area contributed by atoms with Crippen molar-refractivity contribution in [1.82, 2.24) is 10.6 Å². The number of rotatable bonds is 3. The van der Waals surface area contributed by atoms with E-state index in [4.69, 9.17) is 0 Å². The molecule has 0 bridgehead atoms. The van der Waals surface area contributed by atoms with Gasteiger partial charge in [-0.2, -0.15) is 0 Å². The molecule has 90 valence electrons. The zero-order valence-electron chi connectivity index (χ0n) is 9.64. The molecule has 5 heteroatoms. The van der Waals surface area contributed by atoms with Crippen LogP contribution >= 0.6 is 11.8 Å². The van der Waals surface area contributed by atoms with E-state index in [-0.39, 0.29) is 12.5 Å². The summed E-state index contributed by atoms with van der Waals surface area (Å²) in [5, 5.41) is 6.81. The Labute approximate surface area is 105 Å². The molecule has 2 rings (SSSR count). The maximum atomic E-state index is 11.1. The Morgan fingerprint density at radius 1 is 1.47 bits per heavy atom. The molecular formula is C12H15N3OS. The molecule has 2 N–H and O–H groups in total. The highest BCUT2D eigenvalue weighted by molar-refractivity contribution is 8.14. The van der Waals surface area contributed by atoms with Gasteiger partial charge in [0.1, 0.15) is 0 Å². The molecule has 1 unspecified atom stereocenters. The molecule has 1 aliphatic heterocycles. The van der Waals surface area contributed by atoms with E-state index < -0.39 is 0 Å². The minimum Gasteiger partial charge on any atom is -0.358 e. The number of hydrogen-bond donors (Lipinski definition) is 2. The number of amides is 1. The van der Waals surface area contributed by atoms with E-state index in [1.165, 1.54) is 5.56 Å². The SMILES string of the molecule is CNC(=O)CNC1=NCC(c2ccccc2)S1. The summed E-state index contributed by atoms with van der Waals surface area (Å²) in [7, 11) is 1.63. The van der Waals surface area contributed by atoms with E-state index in [1.54, 1.807) is 18.8 Å². The standard InChI is InChI=1S/C12H15N3OS/c1-13-11(16)8-15-12-14-7-10(17-12)9-5-3-2-4-6-9/h2-6,10H,7-8H2,1H3,(H,13,16)(H,14,15). The molecule has 1 amide bonds. The number of likely N-dealkylation sites (N-methyl/N-ethyl adjacent to an activating group) is 1. The molecule has 17 heavy (non-hydrogen) atoms. The first-order valence-corrected chi connectivity index (χ1v) is 6.38.